The quantitative estimate of drug-likeness (QED) is 0.464. The highest BCUT2D eigenvalue weighted by Crippen LogP contribution is 2.35. The maximum absolute atomic E-state index is 12.6. The van der Waals surface area contributed by atoms with Gasteiger partial charge in [0.05, 0.1) is 5.56 Å². The van der Waals surface area contributed by atoms with Crippen molar-refractivity contribution in [2.75, 3.05) is 19.8 Å². The third-order valence-electron chi connectivity index (χ3n) is 4.86. The molecule has 0 unspecified atom stereocenters. The van der Waals surface area contributed by atoms with Gasteiger partial charge in [0.1, 0.15) is 24.7 Å². The summed E-state index contributed by atoms with van der Waals surface area (Å²) < 4.78 is 22.3. The summed E-state index contributed by atoms with van der Waals surface area (Å²) in [6.45, 7) is 0.780. The lowest BCUT2D eigenvalue weighted by Crippen LogP contribution is -2.17. The van der Waals surface area contributed by atoms with Crippen molar-refractivity contribution < 1.29 is 28.5 Å². The summed E-state index contributed by atoms with van der Waals surface area (Å²) in [5.41, 5.74) is 1.68. The first-order valence-corrected chi connectivity index (χ1v) is 9.71. The number of rotatable bonds is 5. The summed E-state index contributed by atoms with van der Waals surface area (Å²) in [5.74, 6) is 1.80. The molecule has 1 aromatic heterocycles. The zero-order valence-corrected chi connectivity index (χ0v) is 16.4. The zero-order valence-electron chi connectivity index (χ0n) is 16.4. The molecule has 154 valence electrons. The Hall–Kier alpha value is -4.13. The van der Waals surface area contributed by atoms with Crippen LogP contribution in [0.15, 0.2) is 66.7 Å². The Morgan fingerprint density at radius 1 is 1.03 bits per heavy atom. The van der Waals surface area contributed by atoms with E-state index in [4.69, 9.17) is 18.9 Å². The molecule has 0 N–H and O–H groups in total. The van der Waals surface area contributed by atoms with Crippen molar-refractivity contribution in [1.82, 2.24) is 4.98 Å². The molecule has 0 amide bonds. The number of pyridine rings is 1. The third kappa shape index (κ3) is 3.85. The number of carbonyl (C=O) groups excluding carboxylic acids is 2. The van der Waals surface area contributed by atoms with Gasteiger partial charge >= 0.3 is 0 Å². The molecule has 0 saturated heterocycles. The van der Waals surface area contributed by atoms with Gasteiger partial charge in [0.15, 0.2) is 29.6 Å². The Morgan fingerprint density at radius 3 is 2.74 bits per heavy atom. The van der Waals surface area contributed by atoms with Crippen molar-refractivity contribution in [2.45, 2.75) is 0 Å². The smallest absolute Gasteiger partial charge is 0.231 e. The fourth-order valence-corrected chi connectivity index (χ4v) is 3.32. The Balaban J connectivity index is 1.27. The molecule has 2 aromatic carbocycles. The van der Waals surface area contributed by atoms with E-state index in [1.807, 2.05) is 6.07 Å². The van der Waals surface area contributed by atoms with E-state index in [1.54, 1.807) is 60.9 Å². The molecule has 7 heteroatoms. The van der Waals surface area contributed by atoms with Crippen LogP contribution in [0.25, 0.3) is 6.08 Å². The predicted octanol–water partition coefficient (Wildman–Crippen LogP) is 3.73. The van der Waals surface area contributed by atoms with E-state index in [2.05, 4.69) is 4.98 Å². The molecule has 0 spiro atoms. The first-order chi connectivity index (χ1) is 15.2. The number of fused-ring (bicyclic) bond motifs is 2. The van der Waals surface area contributed by atoms with Crippen LogP contribution >= 0.6 is 0 Å². The normalized spacial score (nSPS) is 15.4. The van der Waals surface area contributed by atoms with Gasteiger partial charge in [-0.1, -0.05) is 6.07 Å². The first-order valence-electron chi connectivity index (χ1n) is 9.71. The lowest BCUT2D eigenvalue weighted by atomic mass is 10.1. The summed E-state index contributed by atoms with van der Waals surface area (Å²) >= 11 is 0. The number of benzene rings is 2. The number of aromatic nitrogens is 1. The van der Waals surface area contributed by atoms with Gasteiger partial charge in [0.25, 0.3) is 0 Å². The molecule has 2 aliphatic heterocycles. The highest BCUT2D eigenvalue weighted by atomic mass is 16.6. The average molecular weight is 415 g/mol. The topological polar surface area (TPSA) is 84.0 Å². The second-order valence-electron chi connectivity index (χ2n) is 6.95. The molecule has 0 saturated carbocycles. The van der Waals surface area contributed by atoms with Crippen LogP contribution in [-0.4, -0.2) is 36.4 Å². The van der Waals surface area contributed by atoms with Crippen molar-refractivity contribution in [1.29, 1.82) is 0 Å². The lowest BCUT2D eigenvalue weighted by Gasteiger charge is -2.18. The van der Waals surface area contributed by atoms with Crippen LogP contribution < -0.4 is 18.9 Å². The van der Waals surface area contributed by atoms with E-state index >= 15 is 0 Å². The Bertz CT molecular complexity index is 1200. The molecule has 0 fully saturated rings. The van der Waals surface area contributed by atoms with Crippen LogP contribution in [0.4, 0.5) is 0 Å². The molecule has 0 radical (unpaired) electrons. The zero-order chi connectivity index (χ0) is 21.2. The standard InChI is InChI=1S/C24H17NO6/c26-19(16-3-6-20-22(11-16)29-9-8-28-20)14-30-17-4-5-18-21(12-17)31-23(24(18)27)10-15-2-1-7-25-13-15/h1-7,10-13H,8-9,14H2. The minimum Gasteiger partial charge on any atom is -0.486 e. The summed E-state index contributed by atoms with van der Waals surface area (Å²) in [6, 6.07) is 13.5. The lowest BCUT2D eigenvalue weighted by molar-refractivity contribution is 0.0919. The number of ketones is 2. The second kappa shape index (κ2) is 7.95. The summed E-state index contributed by atoms with van der Waals surface area (Å²) in [7, 11) is 0. The largest absolute Gasteiger partial charge is 0.486 e. The third-order valence-corrected chi connectivity index (χ3v) is 4.86. The highest BCUT2D eigenvalue weighted by Gasteiger charge is 2.28. The molecule has 3 heterocycles. The number of ether oxygens (including phenoxy) is 4. The number of hydrogen-bond acceptors (Lipinski definition) is 7. The molecule has 5 rings (SSSR count). The number of nitrogens with zero attached hydrogens (tertiary/aromatic N) is 1. The van der Waals surface area contributed by atoms with Crippen LogP contribution in [-0.2, 0) is 0 Å². The van der Waals surface area contributed by atoms with E-state index in [0.29, 0.717) is 47.3 Å². The van der Waals surface area contributed by atoms with Gasteiger partial charge in [-0.15, -0.1) is 0 Å². The second-order valence-corrected chi connectivity index (χ2v) is 6.95. The number of Topliss-reactive ketones (excluding diaryl/α,β-unsaturated/α-hetero) is 2. The van der Waals surface area contributed by atoms with Crippen LogP contribution in [0.1, 0.15) is 26.3 Å². The van der Waals surface area contributed by atoms with Crippen LogP contribution in [0.2, 0.25) is 0 Å². The molecule has 31 heavy (non-hydrogen) atoms. The maximum Gasteiger partial charge on any atom is 0.231 e. The summed E-state index contributed by atoms with van der Waals surface area (Å²) in [5, 5.41) is 0. The van der Waals surface area contributed by atoms with Crippen molar-refractivity contribution in [3.8, 4) is 23.0 Å². The van der Waals surface area contributed by atoms with Gasteiger partial charge < -0.3 is 18.9 Å². The van der Waals surface area contributed by atoms with E-state index in [0.717, 1.165) is 5.56 Å². The van der Waals surface area contributed by atoms with Gasteiger partial charge in [-0.2, -0.15) is 0 Å². The van der Waals surface area contributed by atoms with Crippen LogP contribution in [0, 0.1) is 0 Å². The molecule has 2 aliphatic rings. The molecule has 0 aliphatic carbocycles. The van der Waals surface area contributed by atoms with E-state index in [1.165, 1.54) is 0 Å². The Kier molecular flexibility index (Phi) is 4.84. The molecular formula is C24H17NO6. The van der Waals surface area contributed by atoms with Crippen molar-refractivity contribution in [3.63, 3.8) is 0 Å². The monoisotopic (exact) mass is 415 g/mol. The van der Waals surface area contributed by atoms with Crippen LogP contribution in [0.3, 0.4) is 0 Å². The van der Waals surface area contributed by atoms with Crippen molar-refractivity contribution >= 4 is 17.6 Å². The molecule has 3 aromatic rings. The fraction of sp³-hybridized carbons (Fsp3) is 0.125. The van der Waals surface area contributed by atoms with Crippen molar-refractivity contribution in [2.24, 2.45) is 0 Å². The maximum atomic E-state index is 12.6. The van der Waals surface area contributed by atoms with Crippen LogP contribution in [0.5, 0.6) is 23.0 Å². The fourth-order valence-electron chi connectivity index (χ4n) is 3.32. The number of hydrogen-bond donors (Lipinski definition) is 0. The first kappa shape index (κ1) is 18.9. The Labute approximate surface area is 177 Å². The Morgan fingerprint density at radius 2 is 1.90 bits per heavy atom. The minimum atomic E-state index is -0.210. The van der Waals surface area contributed by atoms with Gasteiger partial charge in [-0.25, -0.2) is 0 Å². The molecule has 0 bridgehead atoms. The molecular weight excluding hydrogens is 398 g/mol. The number of allylic oxidation sites excluding steroid dienone is 1. The molecule has 0 atom stereocenters. The predicted molar refractivity (Wildman–Crippen MR) is 111 cm³/mol. The SMILES string of the molecule is O=C(COc1ccc2c(c1)OC(=Cc1cccnc1)C2=O)c1ccc2c(c1)OCCO2. The minimum absolute atomic E-state index is 0.162. The van der Waals surface area contributed by atoms with E-state index in [-0.39, 0.29) is 23.9 Å². The highest BCUT2D eigenvalue weighted by molar-refractivity contribution is 6.14. The van der Waals surface area contributed by atoms with Gasteiger partial charge in [0.2, 0.25) is 5.78 Å². The van der Waals surface area contributed by atoms with E-state index in [9.17, 15) is 9.59 Å². The van der Waals surface area contributed by atoms with Gasteiger partial charge in [-0.05, 0) is 48.0 Å². The summed E-state index contributed by atoms with van der Waals surface area (Å²) in [4.78, 5) is 29.1. The number of carbonyl (C=O) groups is 2. The van der Waals surface area contributed by atoms with Gasteiger partial charge in [-0.3, -0.25) is 14.6 Å². The average Bonchev–Trinajstić information content (AvgIpc) is 3.12. The summed E-state index contributed by atoms with van der Waals surface area (Å²) in [6.07, 6.45) is 4.94. The van der Waals surface area contributed by atoms with Gasteiger partial charge in [0, 0.05) is 24.0 Å². The van der Waals surface area contributed by atoms with Crippen molar-refractivity contribution in [3.05, 3.63) is 83.4 Å². The van der Waals surface area contributed by atoms with E-state index < -0.39 is 0 Å². The molecule has 7 nitrogen and oxygen atoms in total.